The van der Waals surface area contributed by atoms with Crippen LogP contribution in [-0.4, -0.2) is 32.6 Å². The molecule has 0 radical (unpaired) electrons. The lowest BCUT2D eigenvalue weighted by molar-refractivity contribution is -0.116. The van der Waals surface area contributed by atoms with Gasteiger partial charge in [0.1, 0.15) is 16.8 Å². The fraction of sp³-hybridized carbons (Fsp3) is 0.286. The zero-order valence-electron chi connectivity index (χ0n) is 16.6. The fourth-order valence-electron chi connectivity index (χ4n) is 3.26. The van der Waals surface area contributed by atoms with Crippen molar-refractivity contribution in [1.29, 1.82) is 0 Å². The van der Waals surface area contributed by atoms with Crippen LogP contribution in [0.15, 0.2) is 53.7 Å². The summed E-state index contributed by atoms with van der Waals surface area (Å²) in [6, 6.07) is 13.0. The molecule has 2 aromatic carbocycles. The Bertz CT molecular complexity index is 1020. The third-order valence-corrected chi connectivity index (χ3v) is 5.96. The number of hydrogen-bond acceptors (Lipinski definition) is 6. The number of thioether (sulfide) groups is 1. The summed E-state index contributed by atoms with van der Waals surface area (Å²) in [6.45, 7) is 4.48. The van der Waals surface area contributed by atoms with Gasteiger partial charge in [-0.05, 0) is 48.9 Å². The Morgan fingerprint density at radius 1 is 1.17 bits per heavy atom. The Hall–Kier alpha value is -3.07. The number of benzene rings is 2. The average molecular weight is 428 g/mol. The summed E-state index contributed by atoms with van der Waals surface area (Å²) in [5.74, 6) is 1.01. The molecule has 1 aromatic heterocycles. The number of anilines is 1. The van der Waals surface area contributed by atoms with Crippen LogP contribution in [0.25, 0.3) is 0 Å². The molecule has 0 unspecified atom stereocenters. The minimum atomic E-state index is -0.525. The van der Waals surface area contributed by atoms with E-state index in [1.165, 1.54) is 23.9 Å². The van der Waals surface area contributed by atoms with E-state index in [1.807, 2.05) is 26.0 Å². The summed E-state index contributed by atoms with van der Waals surface area (Å²) in [7, 11) is 0. The highest BCUT2D eigenvalue weighted by atomic mass is 32.2. The van der Waals surface area contributed by atoms with E-state index in [9.17, 15) is 9.18 Å². The molecule has 0 aliphatic carbocycles. The third-order valence-electron chi connectivity index (χ3n) is 4.74. The normalized spacial score (nSPS) is 17.7. The van der Waals surface area contributed by atoms with E-state index in [0.29, 0.717) is 23.9 Å². The molecule has 7 nitrogen and oxygen atoms in total. The van der Waals surface area contributed by atoms with E-state index < -0.39 is 5.25 Å². The van der Waals surface area contributed by atoms with Gasteiger partial charge in [0.05, 0.1) is 12.6 Å². The first-order valence-electron chi connectivity index (χ1n) is 9.75. The number of aryl methyl sites for hydroxylation is 1. The van der Waals surface area contributed by atoms with Crippen molar-refractivity contribution < 1.29 is 13.9 Å². The molecule has 3 aromatic rings. The second kappa shape index (κ2) is 8.74. The Morgan fingerprint density at radius 2 is 1.90 bits per heavy atom. The first-order valence-corrected chi connectivity index (χ1v) is 10.6. The number of rotatable bonds is 6. The highest BCUT2D eigenvalue weighted by Crippen LogP contribution is 2.37. The van der Waals surface area contributed by atoms with Gasteiger partial charge in [0.15, 0.2) is 5.82 Å². The zero-order valence-corrected chi connectivity index (χ0v) is 17.4. The Balaban J connectivity index is 1.60. The molecule has 0 spiro atoms. The third kappa shape index (κ3) is 4.11. The Labute approximate surface area is 178 Å². The van der Waals surface area contributed by atoms with Crippen molar-refractivity contribution >= 4 is 23.4 Å². The molecule has 4 rings (SSSR count). The summed E-state index contributed by atoms with van der Waals surface area (Å²) < 4.78 is 20.7. The predicted molar refractivity (Wildman–Crippen MR) is 114 cm³/mol. The van der Waals surface area contributed by atoms with Crippen LogP contribution >= 0.6 is 11.8 Å². The highest BCUT2D eigenvalue weighted by molar-refractivity contribution is 8.00. The van der Waals surface area contributed by atoms with Crippen LogP contribution < -0.4 is 15.5 Å². The first-order chi connectivity index (χ1) is 14.6. The van der Waals surface area contributed by atoms with Gasteiger partial charge in [-0.3, -0.25) is 4.79 Å². The smallest absolute Gasteiger partial charge is 0.240 e. The van der Waals surface area contributed by atoms with Crippen LogP contribution in [0.1, 0.15) is 31.3 Å². The van der Waals surface area contributed by atoms with Gasteiger partial charge in [0, 0.05) is 12.1 Å². The van der Waals surface area contributed by atoms with Crippen molar-refractivity contribution in [3.63, 3.8) is 0 Å². The second-order valence-corrected chi connectivity index (χ2v) is 7.84. The first kappa shape index (κ1) is 20.2. The van der Waals surface area contributed by atoms with Crippen LogP contribution in [-0.2, 0) is 11.2 Å². The molecule has 1 amide bonds. The van der Waals surface area contributed by atoms with Gasteiger partial charge < -0.3 is 15.5 Å². The summed E-state index contributed by atoms with van der Waals surface area (Å²) in [6.07, 6.45) is 0.694. The van der Waals surface area contributed by atoms with Crippen LogP contribution in [0.4, 0.5) is 10.1 Å². The second-order valence-electron chi connectivity index (χ2n) is 6.73. The maximum absolute atomic E-state index is 13.5. The zero-order chi connectivity index (χ0) is 21.1. The van der Waals surface area contributed by atoms with Gasteiger partial charge in [0.25, 0.3) is 0 Å². The molecule has 156 valence electrons. The number of amides is 1. The molecular formula is C21H22FN5O2S. The monoisotopic (exact) mass is 427 g/mol. The fourth-order valence-corrected chi connectivity index (χ4v) is 4.36. The topological polar surface area (TPSA) is 81.1 Å². The number of carbonyl (C=O) groups is 1. The van der Waals surface area contributed by atoms with Gasteiger partial charge in [-0.1, -0.05) is 30.8 Å². The van der Waals surface area contributed by atoms with Gasteiger partial charge in [-0.25, -0.2) is 9.07 Å². The molecule has 0 fully saturated rings. The van der Waals surface area contributed by atoms with E-state index in [4.69, 9.17) is 4.74 Å². The number of halogens is 1. The lowest BCUT2D eigenvalue weighted by atomic mass is 10.0. The van der Waals surface area contributed by atoms with E-state index in [1.54, 1.807) is 28.9 Å². The Kier molecular flexibility index (Phi) is 5.89. The molecule has 0 saturated heterocycles. The standard InChI is InChI=1S/C21H22FN5O2S/c1-3-17-24-25-21-27(17)26-18(13-5-7-14(22)8-6-13)19(30-21)20(28)23-15-9-11-16(12-10-15)29-4-2/h5-12,18-19,26H,3-4H2,1-2H3,(H,23,28)/t18-,19+/m0/s1. The number of aromatic nitrogens is 3. The lowest BCUT2D eigenvalue weighted by Gasteiger charge is -2.33. The number of hydrogen-bond donors (Lipinski definition) is 2. The van der Waals surface area contributed by atoms with Crippen LogP contribution in [0, 0.1) is 5.82 Å². The number of nitrogens with zero attached hydrogens (tertiary/aromatic N) is 3. The number of nitrogens with one attached hydrogen (secondary N) is 2. The summed E-state index contributed by atoms with van der Waals surface area (Å²) in [5.41, 5.74) is 4.81. The van der Waals surface area contributed by atoms with Crippen LogP contribution in [0.5, 0.6) is 5.75 Å². The molecule has 2 N–H and O–H groups in total. The molecule has 0 saturated carbocycles. The number of fused-ring (bicyclic) bond motifs is 1. The van der Waals surface area contributed by atoms with Crippen molar-refractivity contribution in [2.45, 2.75) is 36.7 Å². The van der Waals surface area contributed by atoms with Gasteiger partial charge in [-0.2, -0.15) is 0 Å². The SMILES string of the molecule is CCOc1ccc(NC(=O)[C@@H]2Sc3nnc(CC)n3N[C@H]2c2ccc(F)cc2)cc1. The van der Waals surface area contributed by atoms with E-state index >= 15 is 0 Å². The quantitative estimate of drug-likeness (QED) is 0.623. The molecule has 0 bridgehead atoms. The minimum absolute atomic E-state index is 0.182. The number of ether oxygens (including phenoxy) is 1. The maximum Gasteiger partial charge on any atom is 0.240 e. The predicted octanol–water partition coefficient (Wildman–Crippen LogP) is 3.78. The number of carbonyl (C=O) groups excluding carboxylic acids is 1. The van der Waals surface area contributed by atoms with Crippen molar-refractivity contribution in [3.05, 3.63) is 65.7 Å². The lowest BCUT2D eigenvalue weighted by Crippen LogP contribution is -2.41. The molecule has 1 aliphatic heterocycles. The minimum Gasteiger partial charge on any atom is -0.494 e. The van der Waals surface area contributed by atoms with Crippen molar-refractivity contribution in [2.24, 2.45) is 0 Å². The van der Waals surface area contributed by atoms with Crippen molar-refractivity contribution in [2.75, 3.05) is 17.3 Å². The highest BCUT2D eigenvalue weighted by Gasteiger charge is 2.37. The molecule has 1 aliphatic rings. The molecular weight excluding hydrogens is 405 g/mol. The van der Waals surface area contributed by atoms with Crippen LogP contribution in [0.3, 0.4) is 0 Å². The molecule has 2 atom stereocenters. The van der Waals surface area contributed by atoms with Crippen molar-refractivity contribution in [1.82, 2.24) is 14.9 Å². The van der Waals surface area contributed by atoms with E-state index in [0.717, 1.165) is 17.1 Å². The maximum atomic E-state index is 13.5. The molecule has 9 heteroatoms. The van der Waals surface area contributed by atoms with Gasteiger partial charge in [0.2, 0.25) is 11.1 Å². The van der Waals surface area contributed by atoms with E-state index in [-0.39, 0.29) is 17.8 Å². The van der Waals surface area contributed by atoms with Gasteiger partial charge in [-0.15, -0.1) is 10.2 Å². The average Bonchev–Trinajstić information content (AvgIpc) is 3.17. The van der Waals surface area contributed by atoms with Crippen LogP contribution in [0.2, 0.25) is 0 Å². The molecule has 30 heavy (non-hydrogen) atoms. The summed E-state index contributed by atoms with van der Waals surface area (Å²) in [5, 5.41) is 11.4. The largest absolute Gasteiger partial charge is 0.494 e. The molecule has 2 heterocycles. The van der Waals surface area contributed by atoms with Gasteiger partial charge >= 0.3 is 0 Å². The Morgan fingerprint density at radius 3 is 2.57 bits per heavy atom. The summed E-state index contributed by atoms with van der Waals surface area (Å²) in [4.78, 5) is 13.2. The van der Waals surface area contributed by atoms with E-state index in [2.05, 4.69) is 20.9 Å². The van der Waals surface area contributed by atoms with Crippen molar-refractivity contribution in [3.8, 4) is 5.75 Å². The summed E-state index contributed by atoms with van der Waals surface area (Å²) >= 11 is 1.34.